The van der Waals surface area contributed by atoms with Gasteiger partial charge in [0.2, 0.25) is 5.91 Å². The molecular weight excluding hydrogens is 354 g/mol. The number of ketones is 1. The van der Waals surface area contributed by atoms with E-state index in [4.69, 9.17) is 9.84 Å². The van der Waals surface area contributed by atoms with E-state index in [-0.39, 0.29) is 30.3 Å². The van der Waals surface area contributed by atoms with Crippen molar-refractivity contribution in [2.45, 2.75) is 17.7 Å². The topological polar surface area (TPSA) is 92.7 Å². The summed E-state index contributed by atoms with van der Waals surface area (Å²) in [7, 11) is 1.56. The summed E-state index contributed by atoms with van der Waals surface area (Å²) in [6.45, 7) is 0. The molecule has 7 heteroatoms. The molecule has 1 amide bonds. The molecule has 2 rings (SSSR count). The standard InChI is InChI=1S/C19H19NO5S/c1-25-15-4-2-3-13(11-15)17(21)12-26-16-7-5-14(6-8-16)20-18(22)9-10-19(23)24/h2-8,11H,9-10,12H2,1H3,(H,20,22)(H,23,24). The Balaban J connectivity index is 1.85. The minimum atomic E-state index is -1.01. The van der Waals surface area contributed by atoms with E-state index in [9.17, 15) is 14.4 Å². The zero-order valence-corrected chi connectivity index (χ0v) is 15.0. The van der Waals surface area contributed by atoms with Gasteiger partial charge in [-0.05, 0) is 36.4 Å². The minimum absolute atomic E-state index is 0.0000463. The van der Waals surface area contributed by atoms with Crippen LogP contribution in [0.1, 0.15) is 23.2 Å². The van der Waals surface area contributed by atoms with Gasteiger partial charge in [0.15, 0.2) is 5.78 Å². The fourth-order valence-corrected chi connectivity index (χ4v) is 2.90. The van der Waals surface area contributed by atoms with Crippen molar-refractivity contribution in [3.8, 4) is 5.75 Å². The maximum Gasteiger partial charge on any atom is 0.303 e. The molecule has 2 N–H and O–H groups in total. The van der Waals surface area contributed by atoms with Crippen LogP contribution in [0.4, 0.5) is 5.69 Å². The van der Waals surface area contributed by atoms with Gasteiger partial charge in [-0.15, -0.1) is 11.8 Å². The highest BCUT2D eigenvalue weighted by molar-refractivity contribution is 8.00. The molecule has 0 aliphatic rings. The summed E-state index contributed by atoms with van der Waals surface area (Å²) < 4.78 is 5.12. The number of aliphatic carboxylic acids is 1. The van der Waals surface area contributed by atoms with Crippen molar-refractivity contribution in [1.29, 1.82) is 0 Å². The van der Waals surface area contributed by atoms with Crippen LogP contribution in [-0.4, -0.2) is 35.6 Å². The first kappa shape index (κ1) is 19.5. The second-order valence-electron chi connectivity index (χ2n) is 5.41. The third-order valence-electron chi connectivity index (χ3n) is 3.47. The number of amides is 1. The Hall–Kier alpha value is -2.80. The minimum Gasteiger partial charge on any atom is -0.497 e. The monoisotopic (exact) mass is 373 g/mol. The molecule has 0 unspecified atom stereocenters. The molecule has 0 aromatic heterocycles. The number of hydrogen-bond acceptors (Lipinski definition) is 5. The summed E-state index contributed by atoms with van der Waals surface area (Å²) >= 11 is 1.40. The van der Waals surface area contributed by atoms with Crippen LogP contribution in [0.5, 0.6) is 5.75 Å². The smallest absolute Gasteiger partial charge is 0.303 e. The van der Waals surface area contributed by atoms with E-state index in [0.29, 0.717) is 17.0 Å². The number of anilines is 1. The number of carboxylic acids is 1. The van der Waals surface area contributed by atoms with E-state index >= 15 is 0 Å². The van der Waals surface area contributed by atoms with Crippen LogP contribution in [0.15, 0.2) is 53.4 Å². The van der Waals surface area contributed by atoms with Gasteiger partial charge in [-0.1, -0.05) is 12.1 Å². The highest BCUT2D eigenvalue weighted by Crippen LogP contribution is 2.22. The molecule has 0 aliphatic carbocycles. The van der Waals surface area contributed by atoms with Crippen LogP contribution >= 0.6 is 11.8 Å². The van der Waals surface area contributed by atoms with E-state index in [1.54, 1.807) is 55.6 Å². The van der Waals surface area contributed by atoms with Crippen molar-refractivity contribution < 1.29 is 24.2 Å². The molecule has 0 aliphatic heterocycles. The molecule has 0 fully saturated rings. The van der Waals surface area contributed by atoms with Gasteiger partial charge in [0.1, 0.15) is 5.75 Å². The SMILES string of the molecule is COc1cccc(C(=O)CSc2ccc(NC(=O)CCC(=O)O)cc2)c1. The van der Waals surface area contributed by atoms with Gasteiger partial charge in [-0.2, -0.15) is 0 Å². The quantitative estimate of drug-likeness (QED) is 0.516. The molecule has 136 valence electrons. The molecule has 0 bridgehead atoms. The Morgan fingerprint density at radius 3 is 2.46 bits per heavy atom. The Kier molecular flexibility index (Phi) is 7.23. The number of rotatable bonds is 9. The van der Waals surface area contributed by atoms with Crippen LogP contribution in [0.2, 0.25) is 0 Å². The van der Waals surface area contributed by atoms with E-state index < -0.39 is 5.97 Å². The summed E-state index contributed by atoms with van der Waals surface area (Å²) in [6, 6.07) is 14.1. The number of hydrogen-bond donors (Lipinski definition) is 2. The zero-order chi connectivity index (χ0) is 18.9. The second kappa shape index (κ2) is 9.62. The lowest BCUT2D eigenvalue weighted by Crippen LogP contribution is -2.13. The largest absolute Gasteiger partial charge is 0.497 e. The number of carbonyl (C=O) groups is 3. The lowest BCUT2D eigenvalue weighted by molar-refractivity contribution is -0.138. The molecule has 0 spiro atoms. The predicted octanol–water partition coefficient (Wildman–Crippen LogP) is 3.47. The highest BCUT2D eigenvalue weighted by atomic mass is 32.2. The number of benzene rings is 2. The van der Waals surface area contributed by atoms with E-state index in [2.05, 4.69) is 5.32 Å². The highest BCUT2D eigenvalue weighted by Gasteiger charge is 2.09. The van der Waals surface area contributed by atoms with E-state index in [1.807, 2.05) is 0 Å². The average molecular weight is 373 g/mol. The maximum absolute atomic E-state index is 12.2. The van der Waals surface area contributed by atoms with Crippen molar-refractivity contribution in [3.05, 3.63) is 54.1 Å². The fourth-order valence-electron chi connectivity index (χ4n) is 2.11. The van der Waals surface area contributed by atoms with E-state index in [0.717, 1.165) is 4.90 Å². The molecule has 0 saturated heterocycles. The van der Waals surface area contributed by atoms with Gasteiger partial charge >= 0.3 is 5.97 Å². The normalized spacial score (nSPS) is 10.2. The summed E-state index contributed by atoms with van der Waals surface area (Å²) in [4.78, 5) is 35.2. The summed E-state index contributed by atoms with van der Waals surface area (Å²) in [5.74, 6) is -0.422. The fraction of sp³-hybridized carbons (Fsp3) is 0.211. The van der Waals surface area contributed by atoms with Crippen LogP contribution in [0.25, 0.3) is 0 Å². The second-order valence-corrected chi connectivity index (χ2v) is 6.46. The molecule has 6 nitrogen and oxygen atoms in total. The van der Waals surface area contributed by atoms with Crippen molar-refractivity contribution in [2.24, 2.45) is 0 Å². The van der Waals surface area contributed by atoms with Crippen molar-refractivity contribution in [3.63, 3.8) is 0 Å². The van der Waals surface area contributed by atoms with Crippen LogP contribution in [0.3, 0.4) is 0 Å². The van der Waals surface area contributed by atoms with Crippen molar-refractivity contribution >= 4 is 35.1 Å². The third kappa shape index (κ3) is 6.25. The number of carboxylic acid groups (broad SMARTS) is 1. The predicted molar refractivity (Wildman–Crippen MR) is 100.0 cm³/mol. The number of ether oxygens (including phenoxy) is 1. The van der Waals surface area contributed by atoms with Gasteiger partial charge < -0.3 is 15.2 Å². The Morgan fingerprint density at radius 2 is 1.81 bits per heavy atom. The van der Waals surface area contributed by atoms with Crippen LogP contribution in [0, 0.1) is 0 Å². The first-order valence-electron chi connectivity index (χ1n) is 7.89. The first-order chi connectivity index (χ1) is 12.5. The summed E-state index contributed by atoms with van der Waals surface area (Å²) in [5, 5.41) is 11.2. The third-order valence-corrected chi connectivity index (χ3v) is 4.48. The lowest BCUT2D eigenvalue weighted by atomic mass is 10.1. The van der Waals surface area contributed by atoms with Crippen molar-refractivity contribution in [1.82, 2.24) is 0 Å². The molecule has 2 aromatic rings. The van der Waals surface area contributed by atoms with E-state index in [1.165, 1.54) is 11.8 Å². The summed E-state index contributed by atoms with van der Waals surface area (Å²) in [6.07, 6.45) is -0.271. The zero-order valence-electron chi connectivity index (χ0n) is 14.2. The molecule has 2 aromatic carbocycles. The van der Waals surface area contributed by atoms with Crippen molar-refractivity contribution in [2.75, 3.05) is 18.2 Å². The van der Waals surface area contributed by atoms with Gasteiger partial charge in [0.25, 0.3) is 0 Å². The summed E-state index contributed by atoms with van der Waals surface area (Å²) in [5.41, 5.74) is 1.18. The number of Topliss-reactive ketones (excluding diaryl/α,β-unsaturated/α-hetero) is 1. The lowest BCUT2D eigenvalue weighted by Gasteiger charge is -2.06. The van der Waals surface area contributed by atoms with Gasteiger partial charge in [0.05, 0.1) is 19.3 Å². The number of nitrogens with one attached hydrogen (secondary N) is 1. The van der Waals surface area contributed by atoms with Crippen LogP contribution in [-0.2, 0) is 9.59 Å². The van der Waals surface area contributed by atoms with Gasteiger partial charge in [0, 0.05) is 22.6 Å². The first-order valence-corrected chi connectivity index (χ1v) is 8.88. The Labute approximate surface area is 155 Å². The van der Waals surface area contributed by atoms with Gasteiger partial charge in [-0.3, -0.25) is 14.4 Å². The molecule has 0 heterocycles. The molecule has 0 atom stereocenters. The number of carbonyl (C=O) groups excluding carboxylic acids is 2. The molecule has 0 radical (unpaired) electrons. The Morgan fingerprint density at radius 1 is 1.08 bits per heavy atom. The molecular formula is C19H19NO5S. The van der Waals surface area contributed by atoms with Crippen LogP contribution < -0.4 is 10.1 Å². The Bertz CT molecular complexity index is 789. The molecule has 26 heavy (non-hydrogen) atoms. The average Bonchev–Trinajstić information content (AvgIpc) is 2.65. The maximum atomic E-state index is 12.2. The molecule has 0 saturated carbocycles. The van der Waals surface area contributed by atoms with Gasteiger partial charge in [-0.25, -0.2) is 0 Å². The number of thioether (sulfide) groups is 1. The number of methoxy groups -OCH3 is 1.